The molecule has 3 aromatic rings. The lowest BCUT2D eigenvalue weighted by Gasteiger charge is -2.35. The summed E-state index contributed by atoms with van der Waals surface area (Å²) in [6.45, 7) is 6.93. The van der Waals surface area contributed by atoms with Gasteiger partial charge in [0.05, 0.1) is 5.02 Å². The summed E-state index contributed by atoms with van der Waals surface area (Å²) in [4.78, 5) is 24.6. The normalized spacial score (nSPS) is 14.9. The van der Waals surface area contributed by atoms with E-state index >= 15 is 0 Å². The van der Waals surface area contributed by atoms with Crippen molar-refractivity contribution < 1.29 is 4.79 Å². The van der Waals surface area contributed by atoms with E-state index in [9.17, 15) is 4.79 Å². The third-order valence-electron chi connectivity index (χ3n) is 5.18. The van der Waals surface area contributed by atoms with E-state index < -0.39 is 0 Å². The molecule has 6 heteroatoms. The first kappa shape index (κ1) is 16.9. The highest BCUT2D eigenvalue weighted by molar-refractivity contribution is 6.32. The molecule has 3 heterocycles. The highest BCUT2D eigenvalue weighted by Gasteiger charge is 2.25. The maximum absolute atomic E-state index is 12.9. The van der Waals surface area contributed by atoms with E-state index in [0.29, 0.717) is 23.8 Å². The van der Waals surface area contributed by atoms with Crippen LogP contribution in [0.1, 0.15) is 21.6 Å². The molecule has 1 fully saturated rings. The van der Waals surface area contributed by atoms with Crippen LogP contribution in [0.3, 0.4) is 0 Å². The molecule has 1 aromatic carbocycles. The molecule has 5 nitrogen and oxygen atoms in total. The van der Waals surface area contributed by atoms with Crippen molar-refractivity contribution in [2.75, 3.05) is 31.1 Å². The van der Waals surface area contributed by atoms with Gasteiger partial charge in [-0.15, -0.1) is 0 Å². The third kappa shape index (κ3) is 2.92. The first-order valence-corrected chi connectivity index (χ1v) is 9.16. The lowest BCUT2D eigenvalue weighted by molar-refractivity contribution is 0.0741. The quantitative estimate of drug-likeness (QED) is 0.748. The molecular weight excluding hydrogens is 348 g/mol. The second kappa shape index (κ2) is 6.65. The Morgan fingerprint density at radius 2 is 1.92 bits per heavy atom. The summed E-state index contributed by atoms with van der Waals surface area (Å²) in [5.41, 5.74) is 4.11. The van der Waals surface area contributed by atoms with E-state index in [-0.39, 0.29) is 5.91 Å². The number of nitrogens with one attached hydrogen (secondary N) is 1. The van der Waals surface area contributed by atoms with E-state index in [4.69, 9.17) is 11.6 Å². The number of aromatic nitrogens is 2. The Morgan fingerprint density at radius 1 is 1.15 bits per heavy atom. The topological polar surface area (TPSA) is 52.2 Å². The van der Waals surface area contributed by atoms with Crippen molar-refractivity contribution in [3.05, 3.63) is 58.4 Å². The highest BCUT2D eigenvalue weighted by Crippen LogP contribution is 2.25. The zero-order valence-corrected chi connectivity index (χ0v) is 15.7. The van der Waals surface area contributed by atoms with Crippen molar-refractivity contribution in [3.63, 3.8) is 0 Å². The molecule has 0 unspecified atom stereocenters. The van der Waals surface area contributed by atoms with Crippen LogP contribution in [-0.2, 0) is 0 Å². The number of H-pyrrole nitrogens is 1. The third-order valence-corrected chi connectivity index (χ3v) is 5.47. The van der Waals surface area contributed by atoms with Crippen LogP contribution < -0.4 is 4.90 Å². The number of hydrogen-bond donors (Lipinski definition) is 1. The fourth-order valence-electron chi connectivity index (χ4n) is 3.47. The number of halogens is 1. The number of aryl methyl sites for hydroxylation is 2. The molecule has 1 saturated heterocycles. The molecule has 1 N–H and O–H groups in total. The predicted molar refractivity (Wildman–Crippen MR) is 105 cm³/mol. The predicted octanol–water partition coefficient (Wildman–Crippen LogP) is 3.80. The smallest absolute Gasteiger partial charge is 0.270 e. The number of carbonyl (C=O) groups excluding carboxylic acids is 1. The number of pyridine rings is 1. The largest absolute Gasteiger partial charge is 0.352 e. The van der Waals surface area contributed by atoms with Gasteiger partial charge in [-0.1, -0.05) is 17.7 Å². The number of rotatable bonds is 2. The van der Waals surface area contributed by atoms with Crippen molar-refractivity contribution in [1.82, 2.24) is 14.9 Å². The zero-order valence-electron chi connectivity index (χ0n) is 14.9. The molecule has 2 aromatic heterocycles. The Kier molecular flexibility index (Phi) is 4.32. The number of amides is 1. The van der Waals surface area contributed by atoms with Gasteiger partial charge in [-0.3, -0.25) is 4.79 Å². The van der Waals surface area contributed by atoms with Gasteiger partial charge >= 0.3 is 0 Å². The summed E-state index contributed by atoms with van der Waals surface area (Å²) in [5, 5.41) is 1.76. The molecule has 0 radical (unpaired) electrons. The summed E-state index contributed by atoms with van der Waals surface area (Å²) in [6, 6.07) is 9.76. The summed E-state index contributed by atoms with van der Waals surface area (Å²) >= 11 is 6.24. The lowest BCUT2D eigenvalue weighted by atomic mass is 10.1. The maximum Gasteiger partial charge on any atom is 0.270 e. The Bertz CT molecular complexity index is 973. The Hall–Kier alpha value is -2.53. The van der Waals surface area contributed by atoms with Crippen molar-refractivity contribution in [3.8, 4) is 0 Å². The SMILES string of the molecule is Cc1ccc2[nH]c(C(=O)N3CCN(c4ncccc4Cl)CC3)cc2c1C. The molecule has 1 aliphatic heterocycles. The van der Waals surface area contributed by atoms with Crippen LogP contribution in [0, 0.1) is 13.8 Å². The van der Waals surface area contributed by atoms with Crippen LogP contribution in [0.4, 0.5) is 5.82 Å². The minimum atomic E-state index is 0.0463. The number of carbonyl (C=O) groups is 1. The molecule has 1 amide bonds. The van der Waals surface area contributed by atoms with Crippen molar-refractivity contribution in [1.29, 1.82) is 0 Å². The summed E-state index contributed by atoms with van der Waals surface area (Å²) in [5.74, 6) is 0.836. The monoisotopic (exact) mass is 368 g/mol. The second-order valence-corrected chi connectivity index (χ2v) is 7.15. The van der Waals surface area contributed by atoms with Gasteiger partial charge in [0.2, 0.25) is 0 Å². The second-order valence-electron chi connectivity index (χ2n) is 6.74. The van der Waals surface area contributed by atoms with Crippen LogP contribution >= 0.6 is 11.6 Å². The summed E-state index contributed by atoms with van der Waals surface area (Å²) in [7, 11) is 0. The zero-order chi connectivity index (χ0) is 18.3. The van der Waals surface area contributed by atoms with Gasteiger partial charge in [0.25, 0.3) is 5.91 Å². The van der Waals surface area contributed by atoms with Crippen molar-refractivity contribution in [2.24, 2.45) is 0 Å². The average Bonchev–Trinajstić information content (AvgIpc) is 3.10. The molecule has 1 aliphatic rings. The molecule has 4 rings (SSSR count). The Labute approximate surface area is 157 Å². The molecular formula is C20H21ClN4O. The number of piperazine rings is 1. The van der Waals surface area contributed by atoms with E-state index in [0.717, 1.165) is 29.8 Å². The van der Waals surface area contributed by atoms with Crippen LogP contribution in [0.2, 0.25) is 5.02 Å². The molecule has 0 atom stereocenters. The molecule has 0 bridgehead atoms. The van der Waals surface area contributed by atoms with Gasteiger partial charge in [0, 0.05) is 43.3 Å². The molecule has 0 spiro atoms. The van der Waals surface area contributed by atoms with Gasteiger partial charge in [0.15, 0.2) is 0 Å². The van der Waals surface area contributed by atoms with Gasteiger partial charge in [0.1, 0.15) is 11.5 Å². The lowest BCUT2D eigenvalue weighted by Crippen LogP contribution is -2.49. The van der Waals surface area contributed by atoms with E-state index in [1.165, 1.54) is 11.1 Å². The van der Waals surface area contributed by atoms with Crippen LogP contribution in [0.15, 0.2) is 36.5 Å². The molecule has 0 saturated carbocycles. The van der Waals surface area contributed by atoms with Gasteiger partial charge in [-0.05, 0) is 49.2 Å². The number of aromatic amines is 1. The van der Waals surface area contributed by atoms with Crippen LogP contribution in [0.5, 0.6) is 0 Å². The van der Waals surface area contributed by atoms with E-state index in [2.05, 4.69) is 34.8 Å². The Balaban J connectivity index is 1.50. The fourth-order valence-corrected chi connectivity index (χ4v) is 3.72. The number of fused-ring (bicyclic) bond motifs is 1. The first-order valence-electron chi connectivity index (χ1n) is 8.78. The molecule has 26 heavy (non-hydrogen) atoms. The van der Waals surface area contributed by atoms with E-state index in [1.54, 1.807) is 6.20 Å². The minimum Gasteiger partial charge on any atom is -0.352 e. The van der Waals surface area contributed by atoms with Gasteiger partial charge < -0.3 is 14.8 Å². The molecule has 134 valence electrons. The molecule has 0 aliphatic carbocycles. The summed E-state index contributed by atoms with van der Waals surface area (Å²) < 4.78 is 0. The minimum absolute atomic E-state index is 0.0463. The average molecular weight is 369 g/mol. The van der Waals surface area contributed by atoms with Gasteiger partial charge in [-0.2, -0.15) is 0 Å². The van der Waals surface area contributed by atoms with Crippen LogP contribution in [0.25, 0.3) is 10.9 Å². The summed E-state index contributed by atoms with van der Waals surface area (Å²) in [6.07, 6.45) is 1.74. The van der Waals surface area contributed by atoms with Crippen molar-refractivity contribution >= 4 is 34.2 Å². The van der Waals surface area contributed by atoms with Gasteiger partial charge in [-0.25, -0.2) is 4.98 Å². The Morgan fingerprint density at radius 3 is 2.65 bits per heavy atom. The first-order chi connectivity index (χ1) is 12.5. The number of benzene rings is 1. The van der Waals surface area contributed by atoms with Crippen LogP contribution in [-0.4, -0.2) is 47.0 Å². The fraction of sp³-hybridized carbons (Fsp3) is 0.300. The highest BCUT2D eigenvalue weighted by atomic mass is 35.5. The number of nitrogens with zero attached hydrogens (tertiary/aromatic N) is 3. The maximum atomic E-state index is 12.9. The number of hydrogen-bond acceptors (Lipinski definition) is 3. The van der Waals surface area contributed by atoms with Crippen molar-refractivity contribution in [2.45, 2.75) is 13.8 Å². The number of anilines is 1. The van der Waals surface area contributed by atoms with E-state index in [1.807, 2.05) is 29.2 Å². The standard InChI is InChI=1S/C20H21ClN4O/c1-13-5-6-17-15(14(13)2)12-18(23-17)20(26)25-10-8-24(9-11-25)19-16(21)4-3-7-22-19/h3-7,12,23H,8-11H2,1-2H3.